The number of carbonyl (C=O) groups excluding carboxylic acids is 3. The first-order valence-electron chi connectivity index (χ1n) is 9.91. The molecule has 30 heavy (non-hydrogen) atoms. The van der Waals surface area contributed by atoms with Gasteiger partial charge in [0.1, 0.15) is 0 Å². The zero-order valence-electron chi connectivity index (χ0n) is 16.7. The summed E-state index contributed by atoms with van der Waals surface area (Å²) in [5, 5.41) is 2.95. The molecular formula is C25H22N2O3. The molecule has 3 aromatic rings. The van der Waals surface area contributed by atoms with Gasteiger partial charge in [0.05, 0.1) is 11.1 Å². The molecule has 0 fully saturated rings. The summed E-state index contributed by atoms with van der Waals surface area (Å²) < 4.78 is 0. The number of fused-ring (bicyclic) bond motifs is 1. The maximum absolute atomic E-state index is 12.6. The summed E-state index contributed by atoms with van der Waals surface area (Å²) in [5.74, 6) is -0.804. The summed E-state index contributed by atoms with van der Waals surface area (Å²) in [7, 11) is 1.44. The molecule has 5 heteroatoms. The third kappa shape index (κ3) is 3.74. The maximum atomic E-state index is 12.6. The van der Waals surface area contributed by atoms with Crippen molar-refractivity contribution in [2.24, 2.45) is 0 Å². The van der Waals surface area contributed by atoms with Gasteiger partial charge < -0.3 is 5.32 Å². The fraction of sp³-hybridized carbons (Fsp3) is 0.160. The monoisotopic (exact) mass is 398 g/mol. The normalized spacial score (nSPS) is 12.9. The highest BCUT2D eigenvalue weighted by atomic mass is 16.2. The molecule has 0 saturated heterocycles. The van der Waals surface area contributed by atoms with Gasteiger partial charge in [-0.2, -0.15) is 0 Å². The fourth-order valence-electron chi connectivity index (χ4n) is 3.83. The van der Waals surface area contributed by atoms with Crippen molar-refractivity contribution in [3.8, 4) is 0 Å². The summed E-state index contributed by atoms with van der Waals surface area (Å²) in [5.41, 5.74) is 3.39. The van der Waals surface area contributed by atoms with Crippen LogP contribution in [0.5, 0.6) is 0 Å². The molecule has 1 aliphatic heterocycles. The Morgan fingerprint density at radius 2 is 1.40 bits per heavy atom. The topological polar surface area (TPSA) is 66.5 Å². The molecule has 5 nitrogen and oxygen atoms in total. The summed E-state index contributed by atoms with van der Waals surface area (Å²) in [6.45, 7) is 0.483. The molecule has 1 N–H and O–H groups in total. The van der Waals surface area contributed by atoms with Crippen molar-refractivity contribution in [1.29, 1.82) is 0 Å². The van der Waals surface area contributed by atoms with Crippen LogP contribution < -0.4 is 5.32 Å². The standard InChI is InChI=1S/C25H22N2O3/c1-27-24(29)21-13-12-19(16-22(21)25(27)30)23(28)26-15-14-20(17-8-4-2-5-9-17)18-10-6-3-7-11-18/h2-13,16,20H,14-15H2,1H3,(H,26,28). The van der Waals surface area contributed by atoms with Gasteiger partial charge >= 0.3 is 0 Å². The van der Waals surface area contributed by atoms with Gasteiger partial charge in [-0.3, -0.25) is 19.3 Å². The van der Waals surface area contributed by atoms with E-state index in [2.05, 4.69) is 29.6 Å². The van der Waals surface area contributed by atoms with Crippen molar-refractivity contribution in [2.45, 2.75) is 12.3 Å². The van der Waals surface area contributed by atoms with Gasteiger partial charge in [0.15, 0.2) is 0 Å². The number of nitrogens with one attached hydrogen (secondary N) is 1. The predicted octanol–water partition coefficient (Wildman–Crippen LogP) is 3.86. The molecule has 0 radical (unpaired) electrons. The minimum absolute atomic E-state index is 0.167. The van der Waals surface area contributed by atoms with Gasteiger partial charge in [-0.15, -0.1) is 0 Å². The van der Waals surface area contributed by atoms with Crippen molar-refractivity contribution in [3.63, 3.8) is 0 Å². The van der Waals surface area contributed by atoms with Gasteiger partial charge in [-0.05, 0) is 35.7 Å². The number of benzene rings is 3. The lowest BCUT2D eigenvalue weighted by molar-refractivity contribution is 0.0693. The van der Waals surface area contributed by atoms with Crippen molar-refractivity contribution in [2.75, 3.05) is 13.6 Å². The summed E-state index contributed by atoms with van der Waals surface area (Å²) in [6, 6.07) is 25.1. The van der Waals surface area contributed by atoms with E-state index in [1.807, 2.05) is 36.4 Å². The molecule has 0 spiro atoms. The number of rotatable bonds is 6. The van der Waals surface area contributed by atoms with E-state index in [4.69, 9.17) is 0 Å². The summed E-state index contributed by atoms with van der Waals surface area (Å²) in [4.78, 5) is 37.9. The second-order valence-corrected chi connectivity index (χ2v) is 7.35. The van der Waals surface area contributed by atoms with E-state index < -0.39 is 0 Å². The number of nitrogens with zero attached hydrogens (tertiary/aromatic N) is 1. The van der Waals surface area contributed by atoms with Gasteiger partial charge in [0, 0.05) is 25.1 Å². The van der Waals surface area contributed by atoms with Crippen LogP contribution in [-0.2, 0) is 0 Å². The number of hydrogen-bond acceptors (Lipinski definition) is 3. The zero-order valence-corrected chi connectivity index (χ0v) is 16.7. The summed E-state index contributed by atoms with van der Waals surface area (Å²) >= 11 is 0. The Hall–Kier alpha value is -3.73. The molecular weight excluding hydrogens is 376 g/mol. The fourth-order valence-corrected chi connectivity index (χ4v) is 3.83. The Bertz CT molecular complexity index is 1050. The highest BCUT2D eigenvalue weighted by Gasteiger charge is 2.33. The molecule has 0 aromatic heterocycles. The van der Waals surface area contributed by atoms with E-state index in [9.17, 15) is 14.4 Å². The molecule has 0 bridgehead atoms. The Labute approximate surface area is 175 Å². The first-order chi connectivity index (χ1) is 14.6. The first-order valence-corrected chi connectivity index (χ1v) is 9.91. The molecule has 1 heterocycles. The number of hydrogen-bond donors (Lipinski definition) is 1. The lowest BCUT2D eigenvalue weighted by Crippen LogP contribution is -2.26. The molecule has 3 amide bonds. The maximum Gasteiger partial charge on any atom is 0.261 e. The SMILES string of the molecule is CN1C(=O)c2ccc(C(=O)NCCC(c3ccccc3)c3ccccc3)cc2C1=O. The van der Waals surface area contributed by atoms with Crippen molar-refractivity contribution in [1.82, 2.24) is 10.2 Å². The van der Waals surface area contributed by atoms with Gasteiger partial charge in [-0.25, -0.2) is 0 Å². The lowest BCUT2D eigenvalue weighted by Gasteiger charge is -2.18. The minimum atomic E-state index is -0.377. The molecule has 0 aliphatic carbocycles. The smallest absolute Gasteiger partial charge is 0.261 e. The van der Waals surface area contributed by atoms with E-state index in [0.29, 0.717) is 17.7 Å². The molecule has 3 aromatic carbocycles. The van der Waals surface area contributed by atoms with Crippen LogP contribution >= 0.6 is 0 Å². The number of carbonyl (C=O) groups is 3. The average Bonchev–Trinajstić information content (AvgIpc) is 3.01. The van der Waals surface area contributed by atoms with E-state index in [1.165, 1.54) is 24.2 Å². The van der Waals surface area contributed by atoms with Crippen molar-refractivity contribution >= 4 is 17.7 Å². The minimum Gasteiger partial charge on any atom is -0.352 e. The third-order valence-corrected chi connectivity index (χ3v) is 5.47. The van der Waals surface area contributed by atoms with Gasteiger partial charge in [0.2, 0.25) is 0 Å². The Morgan fingerprint density at radius 1 is 0.833 bits per heavy atom. The highest BCUT2D eigenvalue weighted by Crippen LogP contribution is 2.27. The van der Waals surface area contributed by atoms with Crippen LogP contribution in [-0.4, -0.2) is 36.2 Å². The van der Waals surface area contributed by atoms with Crippen molar-refractivity contribution < 1.29 is 14.4 Å². The van der Waals surface area contributed by atoms with Crippen LogP contribution in [0.4, 0.5) is 0 Å². The predicted molar refractivity (Wildman–Crippen MR) is 115 cm³/mol. The van der Waals surface area contributed by atoms with Crippen LogP contribution in [0.1, 0.15) is 54.5 Å². The van der Waals surface area contributed by atoms with Crippen LogP contribution in [0, 0.1) is 0 Å². The number of amides is 3. The van der Waals surface area contributed by atoms with E-state index >= 15 is 0 Å². The van der Waals surface area contributed by atoms with Crippen LogP contribution in [0.15, 0.2) is 78.9 Å². The molecule has 0 saturated carbocycles. The average molecular weight is 398 g/mol. The van der Waals surface area contributed by atoms with Crippen LogP contribution in [0.25, 0.3) is 0 Å². The lowest BCUT2D eigenvalue weighted by atomic mass is 9.88. The van der Waals surface area contributed by atoms with Gasteiger partial charge in [-0.1, -0.05) is 60.7 Å². The van der Waals surface area contributed by atoms with Crippen LogP contribution in [0.3, 0.4) is 0 Å². The van der Waals surface area contributed by atoms with Gasteiger partial charge in [0.25, 0.3) is 17.7 Å². The third-order valence-electron chi connectivity index (χ3n) is 5.47. The Kier molecular flexibility index (Phi) is 5.44. The van der Waals surface area contributed by atoms with Crippen molar-refractivity contribution in [3.05, 3.63) is 107 Å². The first kappa shape index (κ1) is 19.6. The Morgan fingerprint density at radius 3 is 2.00 bits per heavy atom. The molecule has 150 valence electrons. The number of imide groups is 1. The molecule has 4 rings (SSSR count). The summed E-state index contributed by atoms with van der Waals surface area (Å²) in [6.07, 6.45) is 0.741. The quantitative estimate of drug-likeness (QED) is 0.641. The van der Waals surface area contributed by atoms with Crippen LogP contribution in [0.2, 0.25) is 0 Å². The molecule has 1 aliphatic rings. The second-order valence-electron chi connectivity index (χ2n) is 7.35. The van der Waals surface area contributed by atoms with E-state index in [0.717, 1.165) is 11.3 Å². The highest BCUT2D eigenvalue weighted by molar-refractivity contribution is 6.21. The second kappa shape index (κ2) is 8.33. The Balaban J connectivity index is 1.46. The molecule has 0 atom stereocenters. The van der Waals surface area contributed by atoms with E-state index in [-0.39, 0.29) is 29.2 Å². The van der Waals surface area contributed by atoms with E-state index in [1.54, 1.807) is 12.1 Å². The molecule has 0 unspecified atom stereocenters. The zero-order chi connectivity index (χ0) is 21.1. The largest absolute Gasteiger partial charge is 0.352 e.